The maximum absolute atomic E-state index is 11.8. The number of ether oxygens (including phenoxy) is 2. The van der Waals surface area contributed by atoms with Crippen molar-refractivity contribution in [3.8, 4) is 0 Å². The fraction of sp³-hybridized carbons (Fsp3) is 0.371. The molecule has 0 unspecified atom stereocenters. The minimum absolute atomic E-state index is 0.190. The van der Waals surface area contributed by atoms with E-state index in [1.807, 2.05) is 74.5 Å². The van der Waals surface area contributed by atoms with E-state index in [1.165, 1.54) is 5.56 Å². The van der Waals surface area contributed by atoms with E-state index in [4.69, 9.17) is 20.1 Å². The minimum atomic E-state index is -0.489. The third-order valence-electron chi connectivity index (χ3n) is 6.07. The van der Waals surface area contributed by atoms with Crippen molar-refractivity contribution in [3.63, 3.8) is 0 Å². The zero-order valence-electron chi connectivity index (χ0n) is 27.9. The highest BCUT2D eigenvalue weighted by Crippen LogP contribution is 2.10. The molecule has 0 radical (unpaired) electrons. The van der Waals surface area contributed by atoms with Gasteiger partial charge in [-0.1, -0.05) is 78.0 Å². The summed E-state index contributed by atoms with van der Waals surface area (Å²) in [5, 5.41) is 8.24. The van der Waals surface area contributed by atoms with Gasteiger partial charge in [-0.15, -0.1) is 9.94 Å². The molecule has 0 bridgehead atoms. The number of carbonyl (C=O) groups is 2. The molecule has 3 rings (SSSR count). The number of benzene rings is 2. The van der Waals surface area contributed by atoms with Crippen molar-refractivity contribution >= 4 is 17.7 Å². The lowest BCUT2D eigenvalue weighted by Gasteiger charge is -2.08. The van der Waals surface area contributed by atoms with Crippen LogP contribution in [0.1, 0.15) is 69.1 Å². The van der Waals surface area contributed by atoms with Crippen molar-refractivity contribution in [3.05, 3.63) is 112 Å². The molecule has 0 fully saturated rings. The molecular formula is C35H48N4O6. The first kappa shape index (κ1) is 38.2. The molecule has 244 valence electrons. The predicted octanol–water partition coefficient (Wildman–Crippen LogP) is 6.33. The topological polar surface area (TPSA) is 127 Å². The maximum Gasteiger partial charge on any atom is 0.341 e. The third-order valence-corrected chi connectivity index (χ3v) is 6.07. The van der Waals surface area contributed by atoms with Crippen LogP contribution in [0.2, 0.25) is 0 Å². The van der Waals surface area contributed by atoms with Gasteiger partial charge in [0.2, 0.25) is 0 Å². The van der Waals surface area contributed by atoms with Gasteiger partial charge in [0.05, 0.1) is 36.7 Å². The van der Waals surface area contributed by atoms with Crippen LogP contribution in [-0.4, -0.2) is 40.8 Å². The Kier molecular flexibility index (Phi) is 17.8. The SMILES string of the molecule is C=C(C)CC(=O)OCC.CCOC(=O)/C(C(C)=NOCc1ccccc1)=C(/C)N.Cc1nn(OCc2ccccc2)c(C)c1C. The van der Waals surface area contributed by atoms with Gasteiger partial charge in [-0.05, 0) is 72.1 Å². The molecule has 0 saturated heterocycles. The van der Waals surface area contributed by atoms with Crippen molar-refractivity contribution in [1.29, 1.82) is 0 Å². The number of rotatable bonds is 12. The van der Waals surface area contributed by atoms with E-state index in [2.05, 4.69) is 28.5 Å². The predicted molar refractivity (Wildman–Crippen MR) is 177 cm³/mol. The summed E-state index contributed by atoms with van der Waals surface area (Å²) in [5.74, 6) is -0.679. The zero-order chi connectivity index (χ0) is 33.8. The average Bonchev–Trinajstić information content (AvgIpc) is 3.24. The molecule has 1 aromatic heterocycles. The van der Waals surface area contributed by atoms with Gasteiger partial charge in [-0.3, -0.25) is 4.79 Å². The van der Waals surface area contributed by atoms with Gasteiger partial charge in [-0.2, -0.15) is 0 Å². The minimum Gasteiger partial charge on any atom is -0.466 e. The number of esters is 2. The van der Waals surface area contributed by atoms with Gasteiger partial charge >= 0.3 is 11.9 Å². The number of carbonyl (C=O) groups excluding carboxylic acids is 2. The molecule has 0 aliphatic rings. The number of allylic oxidation sites excluding steroid dienone is 1. The van der Waals surface area contributed by atoms with Crippen LogP contribution in [0.4, 0.5) is 0 Å². The van der Waals surface area contributed by atoms with Crippen molar-refractivity contribution in [2.45, 2.75) is 75.0 Å². The molecule has 2 aromatic carbocycles. The highest BCUT2D eigenvalue weighted by atomic mass is 16.7. The van der Waals surface area contributed by atoms with Gasteiger partial charge in [-0.25, -0.2) is 4.79 Å². The molecule has 3 aromatic rings. The number of hydrogen-bond donors (Lipinski definition) is 1. The Morgan fingerprint density at radius 3 is 1.84 bits per heavy atom. The summed E-state index contributed by atoms with van der Waals surface area (Å²) in [6.45, 7) is 19.9. The third kappa shape index (κ3) is 14.9. The van der Waals surface area contributed by atoms with Gasteiger partial charge in [0.15, 0.2) is 0 Å². The molecule has 0 amide bonds. The molecule has 2 N–H and O–H groups in total. The molecule has 0 saturated carbocycles. The molecule has 1 heterocycles. The second-order valence-electron chi connectivity index (χ2n) is 10.1. The van der Waals surface area contributed by atoms with E-state index in [-0.39, 0.29) is 18.1 Å². The Labute approximate surface area is 267 Å². The first-order chi connectivity index (χ1) is 21.4. The summed E-state index contributed by atoms with van der Waals surface area (Å²) < 4.78 is 9.59. The molecule has 45 heavy (non-hydrogen) atoms. The number of aryl methyl sites for hydroxylation is 1. The van der Waals surface area contributed by atoms with E-state index in [0.29, 0.717) is 37.7 Å². The largest absolute Gasteiger partial charge is 0.466 e. The van der Waals surface area contributed by atoms with Crippen molar-refractivity contribution in [2.75, 3.05) is 13.2 Å². The normalized spacial score (nSPS) is 11.1. The smallest absolute Gasteiger partial charge is 0.341 e. The quantitative estimate of drug-likeness (QED) is 0.0819. The summed E-state index contributed by atoms with van der Waals surface area (Å²) in [4.78, 5) is 34.8. The van der Waals surface area contributed by atoms with Crippen LogP contribution >= 0.6 is 0 Å². The van der Waals surface area contributed by atoms with Gasteiger partial charge < -0.3 is 24.9 Å². The summed E-state index contributed by atoms with van der Waals surface area (Å²) in [7, 11) is 0. The first-order valence-electron chi connectivity index (χ1n) is 14.7. The Morgan fingerprint density at radius 1 is 0.867 bits per heavy atom. The van der Waals surface area contributed by atoms with E-state index >= 15 is 0 Å². The number of nitrogens with two attached hydrogens (primary N) is 1. The van der Waals surface area contributed by atoms with Crippen LogP contribution in [0.15, 0.2) is 89.2 Å². The molecule has 10 heteroatoms. The summed E-state index contributed by atoms with van der Waals surface area (Å²) >= 11 is 0. The lowest BCUT2D eigenvalue weighted by molar-refractivity contribution is -0.142. The lowest BCUT2D eigenvalue weighted by atomic mass is 10.1. The van der Waals surface area contributed by atoms with Crippen molar-refractivity contribution in [1.82, 2.24) is 9.94 Å². The average molecular weight is 621 g/mol. The highest BCUT2D eigenvalue weighted by Gasteiger charge is 2.17. The first-order valence-corrected chi connectivity index (χ1v) is 14.7. The Morgan fingerprint density at radius 2 is 1.40 bits per heavy atom. The van der Waals surface area contributed by atoms with E-state index in [9.17, 15) is 9.59 Å². The molecule has 0 aliphatic heterocycles. The van der Waals surface area contributed by atoms with Crippen molar-refractivity contribution in [2.24, 2.45) is 10.9 Å². The maximum atomic E-state index is 11.8. The van der Waals surface area contributed by atoms with Crippen LogP contribution in [0.5, 0.6) is 0 Å². The lowest BCUT2D eigenvalue weighted by Crippen LogP contribution is -2.18. The molecule has 10 nitrogen and oxygen atoms in total. The highest BCUT2D eigenvalue weighted by molar-refractivity contribution is 6.19. The van der Waals surface area contributed by atoms with Crippen LogP contribution in [0, 0.1) is 20.8 Å². The number of oxime groups is 1. The fourth-order valence-electron chi connectivity index (χ4n) is 3.61. The van der Waals surface area contributed by atoms with Crippen molar-refractivity contribution < 1.29 is 28.7 Å². The standard InChI is InChI=1S/C15H20N2O3.C13H16N2O.C7H12O2/c1-4-19-15(18)14(11(2)16)12(3)17-20-10-13-8-6-5-7-9-13;1-10-11(2)14-15(12(10)3)16-9-13-7-5-4-6-8-13;1-4-9-7(8)5-6(2)3/h5-9H,4,10,16H2,1-3H3;4-8H,9H2,1-3H3;2,4-5H2,1,3H3/b14-11-,17-12?;;. The van der Waals surface area contributed by atoms with E-state index in [0.717, 1.165) is 28.1 Å². The number of nitrogens with zero attached hydrogens (tertiary/aromatic N) is 3. The molecule has 0 aliphatic carbocycles. The van der Waals surface area contributed by atoms with Gasteiger partial charge in [0.25, 0.3) is 0 Å². The van der Waals surface area contributed by atoms with Crippen LogP contribution < -0.4 is 10.6 Å². The zero-order valence-corrected chi connectivity index (χ0v) is 27.9. The molecular weight excluding hydrogens is 572 g/mol. The van der Waals surface area contributed by atoms with E-state index in [1.54, 1.807) is 39.5 Å². The second kappa shape index (κ2) is 20.9. The Hall–Kier alpha value is -4.86. The van der Waals surface area contributed by atoms with E-state index < -0.39 is 5.97 Å². The number of hydrogen-bond acceptors (Lipinski definition) is 9. The second-order valence-corrected chi connectivity index (χ2v) is 10.1. The van der Waals surface area contributed by atoms with Gasteiger partial charge in [0.1, 0.15) is 18.8 Å². The Balaban J connectivity index is 0.000000362. The van der Waals surface area contributed by atoms with Gasteiger partial charge in [0, 0.05) is 5.70 Å². The summed E-state index contributed by atoms with van der Waals surface area (Å²) in [6.07, 6.45) is 0.341. The molecule has 0 atom stereocenters. The summed E-state index contributed by atoms with van der Waals surface area (Å²) in [6, 6.07) is 19.7. The van der Waals surface area contributed by atoms with Crippen LogP contribution in [0.3, 0.4) is 0 Å². The van der Waals surface area contributed by atoms with Crippen LogP contribution in [0.25, 0.3) is 0 Å². The Bertz CT molecular complexity index is 1410. The molecule has 0 spiro atoms. The monoisotopic (exact) mass is 620 g/mol. The fourth-order valence-corrected chi connectivity index (χ4v) is 3.61. The number of aromatic nitrogens is 2. The summed E-state index contributed by atoms with van der Waals surface area (Å²) in [5.41, 5.74) is 13.0. The van der Waals surface area contributed by atoms with Crippen LogP contribution in [-0.2, 0) is 37.1 Å².